The SMILES string of the molecule is C=C(Br)CNC(=NC)NCc1nc(C)c(C)s1.I. The number of aromatic nitrogens is 1. The molecule has 0 bridgehead atoms. The third-order valence-electron chi connectivity index (χ3n) is 2.15. The maximum Gasteiger partial charge on any atom is 0.191 e. The summed E-state index contributed by atoms with van der Waals surface area (Å²) in [6.45, 7) is 9.20. The van der Waals surface area contributed by atoms with Gasteiger partial charge in [0, 0.05) is 23.0 Å². The highest BCUT2D eigenvalue weighted by Crippen LogP contribution is 2.15. The molecule has 1 rings (SSSR count). The minimum atomic E-state index is 0. The fourth-order valence-electron chi connectivity index (χ4n) is 1.17. The van der Waals surface area contributed by atoms with E-state index in [2.05, 4.69) is 50.0 Å². The van der Waals surface area contributed by atoms with Crippen LogP contribution < -0.4 is 10.6 Å². The monoisotopic (exact) mass is 444 g/mol. The van der Waals surface area contributed by atoms with Gasteiger partial charge in [0.1, 0.15) is 5.01 Å². The number of rotatable bonds is 4. The molecule has 0 unspecified atom stereocenters. The number of thiazole rings is 1. The number of aryl methyl sites for hydroxylation is 2. The molecule has 0 saturated carbocycles. The van der Waals surface area contributed by atoms with Crippen LogP contribution in [0.3, 0.4) is 0 Å². The highest BCUT2D eigenvalue weighted by Gasteiger charge is 2.04. The Balaban J connectivity index is 0.00000289. The number of halogens is 2. The first-order valence-electron chi connectivity index (χ1n) is 5.23. The third-order valence-corrected chi connectivity index (χ3v) is 3.50. The molecule has 0 radical (unpaired) electrons. The van der Waals surface area contributed by atoms with Crippen LogP contribution in [0.25, 0.3) is 0 Å². The van der Waals surface area contributed by atoms with Crippen molar-refractivity contribution < 1.29 is 0 Å². The molecule has 1 aromatic rings. The van der Waals surface area contributed by atoms with Crippen molar-refractivity contribution in [2.45, 2.75) is 20.4 Å². The molecule has 18 heavy (non-hydrogen) atoms. The molecule has 0 fully saturated rings. The van der Waals surface area contributed by atoms with E-state index in [9.17, 15) is 0 Å². The molecule has 4 nitrogen and oxygen atoms in total. The van der Waals surface area contributed by atoms with Crippen LogP contribution >= 0.6 is 51.2 Å². The zero-order valence-corrected chi connectivity index (χ0v) is 15.4. The van der Waals surface area contributed by atoms with E-state index in [0.717, 1.165) is 21.1 Å². The highest BCUT2D eigenvalue weighted by molar-refractivity contribution is 14.0. The molecular formula is C11H18BrIN4S. The van der Waals surface area contributed by atoms with Gasteiger partial charge in [-0.25, -0.2) is 4.98 Å². The summed E-state index contributed by atoms with van der Waals surface area (Å²) in [5.74, 6) is 0.746. The molecule has 1 heterocycles. The van der Waals surface area contributed by atoms with Crippen LogP contribution in [0.2, 0.25) is 0 Å². The molecule has 0 spiro atoms. The minimum absolute atomic E-state index is 0. The second-order valence-corrected chi connectivity index (χ2v) is 5.95. The molecule has 0 saturated heterocycles. The van der Waals surface area contributed by atoms with Crippen LogP contribution in [0, 0.1) is 13.8 Å². The van der Waals surface area contributed by atoms with Crippen LogP contribution in [0.1, 0.15) is 15.6 Å². The fourth-order valence-corrected chi connectivity index (χ4v) is 2.19. The molecule has 0 aliphatic carbocycles. The van der Waals surface area contributed by atoms with E-state index in [1.807, 2.05) is 6.92 Å². The van der Waals surface area contributed by atoms with Gasteiger partial charge in [-0.1, -0.05) is 22.5 Å². The summed E-state index contributed by atoms with van der Waals surface area (Å²) in [6, 6.07) is 0. The van der Waals surface area contributed by atoms with Crippen molar-refractivity contribution in [3.05, 3.63) is 26.6 Å². The van der Waals surface area contributed by atoms with E-state index in [-0.39, 0.29) is 24.0 Å². The van der Waals surface area contributed by atoms with Gasteiger partial charge in [0.25, 0.3) is 0 Å². The quantitative estimate of drug-likeness (QED) is 0.426. The van der Waals surface area contributed by atoms with Gasteiger partial charge in [-0.2, -0.15) is 0 Å². The predicted octanol–water partition coefficient (Wildman–Crippen LogP) is 2.95. The summed E-state index contributed by atoms with van der Waals surface area (Å²) in [7, 11) is 1.74. The number of hydrogen-bond donors (Lipinski definition) is 2. The zero-order chi connectivity index (χ0) is 12.8. The van der Waals surface area contributed by atoms with Crippen molar-refractivity contribution in [3.8, 4) is 0 Å². The van der Waals surface area contributed by atoms with E-state index in [1.165, 1.54) is 4.88 Å². The number of hydrogen-bond acceptors (Lipinski definition) is 3. The van der Waals surface area contributed by atoms with Crippen LogP contribution in [-0.2, 0) is 6.54 Å². The highest BCUT2D eigenvalue weighted by atomic mass is 127. The summed E-state index contributed by atoms with van der Waals surface area (Å²) in [4.78, 5) is 9.83. The smallest absolute Gasteiger partial charge is 0.191 e. The summed E-state index contributed by atoms with van der Waals surface area (Å²) in [6.07, 6.45) is 0. The first-order chi connectivity index (χ1) is 8.02. The molecule has 0 amide bonds. The molecule has 102 valence electrons. The summed E-state index contributed by atoms with van der Waals surface area (Å²) >= 11 is 5.00. The Morgan fingerprint density at radius 1 is 1.44 bits per heavy atom. The molecule has 0 aliphatic heterocycles. The lowest BCUT2D eigenvalue weighted by atomic mass is 10.4. The van der Waals surface area contributed by atoms with Crippen molar-refractivity contribution in [1.82, 2.24) is 15.6 Å². The topological polar surface area (TPSA) is 49.3 Å². The zero-order valence-electron chi connectivity index (χ0n) is 10.7. The average Bonchev–Trinajstić information content (AvgIpc) is 2.58. The van der Waals surface area contributed by atoms with Crippen molar-refractivity contribution in [2.24, 2.45) is 4.99 Å². The fraction of sp³-hybridized carbons (Fsp3) is 0.455. The first kappa shape index (κ1) is 17.8. The van der Waals surface area contributed by atoms with Gasteiger partial charge in [0.15, 0.2) is 5.96 Å². The van der Waals surface area contributed by atoms with E-state index < -0.39 is 0 Å². The maximum atomic E-state index is 4.46. The molecular weight excluding hydrogens is 427 g/mol. The van der Waals surface area contributed by atoms with Crippen LogP contribution in [0.5, 0.6) is 0 Å². The molecule has 0 aliphatic rings. The Morgan fingerprint density at radius 2 is 2.11 bits per heavy atom. The lowest BCUT2D eigenvalue weighted by Crippen LogP contribution is -2.37. The Labute approximate surface area is 138 Å². The summed E-state index contributed by atoms with van der Waals surface area (Å²) in [5.41, 5.74) is 1.10. The van der Waals surface area contributed by atoms with E-state index in [1.54, 1.807) is 18.4 Å². The third kappa shape index (κ3) is 6.14. The van der Waals surface area contributed by atoms with E-state index >= 15 is 0 Å². The Morgan fingerprint density at radius 3 is 2.56 bits per heavy atom. The molecule has 0 aromatic carbocycles. The minimum Gasteiger partial charge on any atom is -0.352 e. The second kappa shape index (κ2) is 8.87. The van der Waals surface area contributed by atoms with Crippen molar-refractivity contribution in [3.63, 3.8) is 0 Å². The van der Waals surface area contributed by atoms with Crippen molar-refractivity contribution in [1.29, 1.82) is 0 Å². The van der Waals surface area contributed by atoms with Crippen LogP contribution in [0.15, 0.2) is 16.1 Å². The summed E-state index contributed by atoms with van der Waals surface area (Å²) < 4.78 is 0.890. The number of nitrogens with one attached hydrogen (secondary N) is 2. The van der Waals surface area contributed by atoms with Gasteiger partial charge in [-0.3, -0.25) is 4.99 Å². The van der Waals surface area contributed by atoms with Crippen LogP contribution in [0.4, 0.5) is 0 Å². The summed E-state index contributed by atoms with van der Waals surface area (Å²) in [5, 5.41) is 7.41. The van der Waals surface area contributed by atoms with Gasteiger partial charge in [0.2, 0.25) is 0 Å². The molecule has 2 N–H and O–H groups in total. The van der Waals surface area contributed by atoms with Gasteiger partial charge >= 0.3 is 0 Å². The van der Waals surface area contributed by atoms with Gasteiger partial charge in [0.05, 0.1) is 12.2 Å². The first-order valence-corrected chi connectivity index (χ1v) is 6.84. The lowest BCUT2D eigenvalue weighted by Gasteiger charge is -2.09. The van der Waals surface area contributed by atoms with Crippen molar-refractivity contribution >= 4 is 57.2 Å². The number of guanidine groups is 1. The predicted molar refractivity (Wildman–Crippen MR) is 93.3 cm³/mol. The van der Waals surface area contributed by atoms with E-state index in [4.69, 9.17) is 0 Å². The van der Waals surface area contributed by atoms with Crippen LogP contribution in [-0.4, -0.2) is 24.5 Å². The second-order valence-electron chi connectivity index (χ2n) is 3.55. The Hall–Kier alpha value is -0.150. The normalized spacial score (nSPS) is 10.8. The maximum absolute atomic E-state index is 4.46. The van der Waals surface area contributed by atoms with Gasteiger partial charge in [-0.05, 0) is 13.8 Å². The van der Waals surface area contributed by atoms with Crippen molar-refractivity contribution in [2.75, 3.05) is 13.6 Å². The lowest BCUT2D eigenvalue weighted by molar-refractivity contribution is 0.836. The Kier molecular flexibility index (Phi) is 8.79. The standard InChI is InChI=1S/C11H17BrN4S.HI/c1-7(12)5-14-11(13-4)15-6-10-16-8(2)9(3)17-10;/h1,5-6H2,2-4H3,(H2,13,14,15);1H. The van der Waals surface area contributed by atoms with Gasteiger partial charge in [-0.15, -0.1) is 35.3 Å². The average molecular weight is 445 g/mol. The largest absolute Gasteiger partial charge is 0.352 e. The molecule has 1 aromatic heterocycles. The van der Waals surface area contributed by atoms with Gasteiger partial charge < -0.3 is 10.6 Å². The van der Waals surface area contributed by atoms with E-state index in [0.29, 0.717) is 13.1 Å². The molecule has 7 heteroatoms. The number of aliphatic imine (C=N–C) groups is 1. The number of nitrogens with zero attached hydrogens (tertiary/aromatic N) is 2. The molecule has 0 atom stereocenters. The Bertz CT molecular complexity index is 411.